The van der Waals surface area contributed by atoms with Crippen LogP contribution >= 0.6 is 0 Å². The van der Waals surface area contributed by atoms with Crippen molar-refractivity contribution in [2.24, 2.45) is 12.8 Å². The van der Waals surface area contributed by atoms with Gasteiger partial charge in [-0.1, -0.05) is 65.0 Å². The Bertz CT molecular complexity index is 1470. The number of hydrogen-bond donors (Lipinski definition) is 1. The average Bonchev–Trinajstić information content (AvgIpc) is 3.03. The molecule has 182 valence electrons. The Kier molecular flexibility index (Phi) is 6.23. The van der Waals surface area contributed by atoms with E-state index in [1.165, 1.54) is 0 Å². The number of benzene rings is 2. The zero-order valence-corrected chi connectivity index (χ0v) is 21.0. The Morgan fingerprint density at radius 3 is 2.51 bits per heavy atom. The molecule has 8 heteroatoms. The van der Waals surface area contributed by atoms with Gasteiger partial charge in [0.05, 0.1) is 12.7 Å². The second-order valence-electron chi connectivity index (χ2n) is 10.1. The molecule has 4 aromatic rings. The van der Waals surface area contributed by atoms with Crippen molar-refractivity contribution in [1.29, 1.82) is 0 Å². The normalized spacial score (nSPS) is 11.9. The van der Waals surface area contributed by atoms with Gasteiger partial charge in [-0.3, -0.25) is 9.13 Å². The number of rotatable bonds is 5. The largest absolute Gasteiger partial charge is 0.410 e. The summed E-state index contributed by atoms with van der Waals surface area (Å²) in [6.07, 6.45) is 0.844. The van der Waals surface area contributed by atoms with E-state index in [0.717, 1.165) is 22.3 Å². The van der Waals surface area contributed by atoms with Gasteiger partial charge in [-0.15, -0.1) is 0 Å². The molecule has 0 spiro atoms. The fraction of sp³-hybridized carbons (Fsp3) is 0.333. The second kappa shape index (κ2) is 9.02. The van der Waals surface area contributed by atoms with Crippen molar-refractivity contribution in [3.05, 3.63) is 75.8 Å². The van der Waals surface area contributed by atoms with Crippen LogP contribution in [-0.2, 0) is 19.0 Å². The molecular weight excluding hydrogens is 442 g/mol. The second-order valence-corrected chi connectivity index (χ2v) is 10.1. The van der Waals surface area contributed by atoms with E-state index in [0.29, 0.717) is 35.2 Å². The van der Waals surface area contributed by atoms with Gasteiger partial charge < -0.3 is 10.5 Å². The van der Waals surface area contributed by atoms with Crippen LogP contribution in [0.3, 0.4) is 0 Å². The smallest absolute Gasteiger partial charge is 0.409 e. The van der Waals surface area contributed by atoms with Crippen LogP contribution in [0.25, 0.3) is 22.6 Å². The summed E-state index contributed by atoms with van der Waals surface area (Å²) in [5.74, 6) is 1.30. The molecule has 0 fully saturated rings. The molecule has 1 amide bonds. The Labute approximate surface area is 204 Å². The summed E-state index contributed by atoms with van der Waals surface area (Å²) in [4.78, 5) is 34.0. The van der Waals surface area contributed by atoms with Crippen LogP contribution < -0.4 is 16.2 Å². The predicted molar refractivity (Wildman–Crippen MR) is 137 cm³/mol. The van der Waals surface area contributed by atoms with Gasteiger partial charge >= 0.3 is 11.8 Å². The summed E-state index contributed by atoms with van der Waals surface area (Å²) in [5.41, 5.74) is 9.79. The zero-order valence-electron chi connectivity index (χ0n) is 21.0. The summed E-state index contributed by atoms with van der Waals surface area (Å²) < 4.78 is 8.42. The number of fused-ring (bicyclic) bond motifs is 1. The summed E-state index contributed by atoms with van der Waals surface area (Å²) in [7, 11) is 1.72. The number of primary amides is 1. The number of nitrogens with two attached hydrogens (primary N) is 1. The van der Waals surface area contributed by atoms with Crippen LogP contribution in [0.5, 0.6) is 5.75 Å². The maximum Gasteiger partial charge on any atom is 0.409 e. The Hall–Kier alpha value is -3.94. The number of ether oxygens (including phenoxy) is 1. The van der Waals surface area contributed by atoms with Gasteiger partial charge in [0.1, 0.15) is 11.3 Å². The first-order chi connectivity index (χ1) is 16.5. The Balaban J connectivity index is 1.84. The molecule has 0 bridgehead atoms. The van der Waals surface area contributed by atoms with Gasteiger partial charge in [0.2, 0.25) is 0 Å². The van der Waals surface area contributed by atoms with Crippen LogP contribution in [0.1, 0.15) is 57.2 Å². The molecule has 2 N–H and O–H groups in total. The van der Waals surface area contributed by atoms with Crippen molar-refractivity contribution in [2.45, 2.75) is 52.5 Å². The molecule has 0 saturated heterocycles. The lowest BCUT2D eigenvalue weighted by Crippen LogP contribution is -2.24. The maximum absolute atomic E-state index is 13.2. The standard InChI is InChI=1S/C27H31N5O3/c1-16(2)18-9-7-8-10-19(18)23-29-14-21-24(30-23)32(26(34)31(21)6)15-17-11-12-22(35-25(28)33)20(13-17)27(3,4)5/h7-14,16H,15H2,1-6H3,(H2,28,33). The predicted octanol–water partition coefficient (Wildman–Crippen LogP) is 4.72. The highest BCUT2D eigenvalue weighted by atomic mass is 16.5. The molecule has 2 aromatic carbocycles. The molecule has 0 unspecified atom stereocenters. The average molecular weight is 474 g/mol. The van der Waals surface area contributed by atoms with Gasteiger partial charge in [0, 0.05) is 18.2 Å². The number of imidazole rings is 1. The van der Waals surface area contributed by atoms with E-state index in [9.17, 15) is 9.59 Å². The molecule has 8 nitrogen and oxygen atoms in total. The first-order valence-electron chi connectivity index (χ1n) is 11.6. The van der Waals surface area contributed by atoms with Crippen molar-refractivity contribution >= 4 is 17.3 Å². The van der Waals surface area contributed by atoms with E-state index in [1.54, 1.807) is 28.4 Å². The van der Waals surface area contributed by atoms with Crippen molar-refractivity contribution < 1.29 is 9.53 Å². The van der Waals surface area contributed by atoms with Crippen LogP contribution in [0.4, 0.5) is 4.79 Å². The van der Waals surface area contributed by atoms with Gasteiger partial charge in [-0.05, 0) is 34.6 Å². The molecule has 0 aliphatic rings. The van der Waals surface area contributed by atoms with Gasteiger partial charge in [-0.25, -0.2) is 19.6 Å². The molecule has 4 rings (SSSR count). The third-order valence-corrected chi connectivity index (χ3v) is 6.11. The number of aryl methyl sites for hydroxylation is 1. The van der Waals surface area contributed by atoms with Gasteiger partial charge in [-0.2, -0.15) is 0 Å². The topological polar surface area (TPSA) is 105 Å². The van der Waals surface area contributed by atoms with Gasteiger partial charge in [0.15, 0.2) is 11.5 Å². The summed E-state index contributed by atoms with van der Waals surface area (Å²) in [6.45, 7) is 10.6. The minimum atomic E-state index is -0.862. The van der Waals surface area contributed by atoms with Crippen molar-refractivity contribution in [3.63, 3.8) is 0 Å². The first kappa shape index (κ1) is 24.2. The third kappa shape index (κ3) is 4.69. The summed E-state index contributed by atoms with van der Waals surface area (Å²) in [5, 5.41) is 0. The van der Waals surface area contributed by atoms with Gasteiger partial charge in [0.25, 0.3) is 0 Å². The van der Waals surface area contributed by atoms with E-state index in [2.05, 4.69) is 24.9 Å². The number of carbonyl (C=O) groups is 1. The van der Waals surface area contributed by atoms with Crippen LogP contribution in [-0.4, -0.2) is 25.2 Å². The monoisotopic (exact) mass is 473 g/mol. The molecule has 0 saturated carbocycles. The Morgan fingerprint density at radius 2 is 1.86 bits per heavy atom. The van der Waals surface area contributed by atoms with E-state index in [1.807, 2.05) is 51.1 Å². The maximum atomic E-state index is 13.2. The molecule has 0 atom stereocenters. The van der Waals surface area contributed by atoms with Crippen molar-refractivity contribution in [3.8, 4) is 17.1 Å². The van der Waals surface area contributed by atoms with Crippen molar-refractivity contribution in [2.75, 3.05) is 0 Å². The van der Waals surface area contributed by atoms with E-state index in [-0.39, 0.29) is 11.1 Å². The molecule has 2 aromatic heterocycles. The molecule has 35 heavy (non-hydrogen) atoms. The Morgan fingerprint density at radius 1 is 1.14 bits per heavy atom. The zero-order chi connectivity index (χ0) is 25.5. The fourth-order valence-corrected chi connectivity index (χ4v) is 4.29. The highest BCUT2D eigenvalue weighted by molar-refractivity contribution is 5.74. The quantitative estimate of drug-likeness (QED) is 0.451. The third-order valence-electron chi connectivity index (χ3n) is 6.11. The van der Waals surface area contributed by atoms with E-state index < -0.39 is 6.09 Å². The summed E-state index contributed by atoms with van der Waals surface area (Å²) in [6, 6.07) is 13.6. The van der Waals surface area contributed by atoms with Crippen molar-refractivity contribution in [1.82, 2.24) is 19.1 Å². The minimum absolute atomic E-state index is 0.182. The highest BCUT2D eigenvalue weighted by Gasteiger charge is 2.22. The molecule has 0 aliphatic heterocycles. The molecule has 0 radical (unpaired) electrons. The molecular formula is C27H31N5O3. The lowest BCUT2D eigenvalue weighted by molar-refractivity contribution is 0.210. The first-order valence-corrected chi connectivity index (χ1v) is 11.6. The molecule has 2 heterocycles. The minimum Gasteiger partial charge on any atom is -0.410 e. The van der Waals surface area contributed by atoms with E-state index in [4.69, 9.17) is 15.5 Å². The van der Waals surface area contributed by atoms with Crippen LogP contribution in [0, 0.1) is 0 Å². The number of carbonyl (C=O) groups excluding carboxylic acids is 1. The lowest BCUT2D eigenvalue weighted by Gasteiger charge is -2.23. The van der Waals surface area contributed by atoms with Crippen LogP contribution in [0.15, 0.2) is 53.5 Å². The number of amides is 1. The number of nitrogens with zero attached hydrogens (tertiary/aromatic N) is 4. The van der Waals surface area contributed by atoms with E-state index >= 15 is 0 Å². The number of aromatic nitrogens is 4. The lowest BCUT2D eigenvalue weighted by atomic mass is 9.85. The summed E-state index contributed by atoms with van der Waals surface area (Å²) >= 11 is 0. The fourth-order valence-electron chi connectivity index (χ4n) is 4.29. The van der Waals surface area contributed by atoms with Crippen LogP contribution in [0.2, 0.25) is 0 Å². The number of hydrogen-bond acceptors (Lipinski definition) is 5. The SMILES string of the molecule is CC(C)c1ccccc1-c1ncc2c(n1)n(Cc1ccc(OC(N)=O)c(C(C)(C)C)c1)c(=O)n2C. The molecule has 0 aliphatic carbocycles. The highest BCUT2D eigenvalue weighted by Crippen LogP contribution is 2.33.